The van der Waals surface area contributed by atoms with Gasteiger partial charge in [-0.05, 0) is 114 Å². The Hall–Kier alpha value is -7.27. The summed E-state index contributed by atoms with van der Waals surface area (Å²) in [7, 11) is 0. The molecule has 0 aliphatic rings. The smallest absolute Gasteiger partial charge is 0.0541 e. The second kappa shape index (κ2) is 13.2. The third-order valence-corrected chi connectivity index (χ3v) is 12.6. The molecule has 0 spiro atoms. The fraction of sp³-hybridized carbons (Fsp3) is 0. The van der Waals surface area contributed by atoms with Crippen molar-refractivity contribution < 1.29 is 0 Å². The molecule has 0 bridgehead atoms. The summed E-state index contributed by atoms with van der Waals surface area (Å²) in [6.07, 6.45) is 0. The molecule has 3 heterocycles. The van der Waals surface area contributed by atoms with Gasteiger partial charge in [-0.2, -0.15) is 0 Å². The van der Waals surface area contributed by atoms with Gasteiger partial charge < -0.3 is 13.7 Å². The maximum atomic E-state index is 2.42. The normalized spacial score (nSPS) is 11.9. The first-order chi connectivity index (χ1) is 28.8. The van der Waals surface area contributed by atoms with E-state index in [1.165, 1.54) is 97.7 Å². The number of nitrogens with zero attached hydrogens (tertiary/aromatic N) is 3. The summed E-state index contributed by atoms with van der Waals surface area (Å²) >= 11 is 1.83. The molecule has 9 aromatic carbocycles. The number of para-hydroxylation sites is 5. The van der Waals surface area contributed by atoms with Crippen LogP contribution < -0.4 is 0 Å². The van der Waals surface area contributed by atoms with Crippen molar-refractivity contribution in [3.8, 4) is 28.2 Å². The molecule has 0 atom stereocenters. The molecule has 0 aliphatic carbocycles. The van der Waals surface area contributed by atoms with Gasteiger partial charge in [-0.3, -0.25) is 0 Å². The number of hydrogen-bond acceptors (Lipinski definition) is 1. The molecule has 58 heavy (non-hydrogen) atoms. The van der Waals surface area contributed by atoms with Gasteiger partial charge in [0.15, 0.2) is 0 Å². The quantitative estimate of drug-likeness (QED) is 0.165. The van der Waals surface area contributed by atoms with Crippen LogP contribution in [-0.4, -0.2) is 13.7 Å². The molecule has 0 unspecified atom stereocenters. The second-order valence-corrected chi connectivity index (χ2v) is 16.1. The van der Waals surface area contributed by atoms with Gasteiger partial charge in [-0.15, -0.1) is 0 Å². The van der Waals surface area contributed by atoms with Crippen molar-refractivity contribution in [3.63, 3.8) is 0 Å². The lowest BCUT2D eigenvalue weighted by molar-refractivity contribution is 1.18. The summed E-state index contributed by atoms with van der Waals surface area (Å²) < 4.78 is 7.17. The average Bonchev–Trinajstić information content (AvgIpc) is 3.92. The van der Waals surface area contributed by atoms with E-state index in [0.717, 1.165) is 5.69 Å². The average molecular weight is 758 g/mol. The van der Waals surface area contributed by atoms with Gasteiger partial charge in [0.25, 0.3) is 0 Å². The summed E-state index contributed by atoms with van der Waals surface area (Å²) in [5.74, 6) is 0. The van der Waals surface area contributed by atoms with Gasteiger partial charge >= 0.3 is 0 Å². The van der Waals surface area contributed by atoms with Crippen LogP contribution in [0.1, 0.15) is 0 Å². The van der Waals surface area contributed by atoms with Crippen molar-refractivity contribution in [2.45, 2.75) is 9.79 Å². The molecule has 0 saturated heterocycles. The van der Waals surface area contributed by atoms with Crippen molar-refractivity contribution in [1.29, 1.82) is 0 Å². The Morgan fingerprint density at radius 2 is 0.621 bits per heavy atom. The summed E-state index contributed by atoms with van der Waals surface area (Å²) in [5.41, 5.74) is 13.2. The van der Waals surface area contributed by atoms with E-state index < -0.39 is 0 Å². The topological polar surface area (TPSA) is 14.8 Å². The molecule has 272 valence electrons. The molecule has 0 N–H and O–H groups in total. The van der Waals surface area contributed by atoms with E-state index in [-0.39, 0.29) is 0 Å². The molecular weight excluding hydrogens is 723 g/mol. The van der Waals surface area contributed by atoms with Gasteiger partial charge in [0.2, 0.25) is 0 Å². The van der Waals surface area contributed by atoms with Gasteiger partial charge in [0.05, 0.1) is 33.1 Å². The molecule has 12 aromatic rings. The molecule has 0 fully saturated rings. The predicted molar refractivity (Wildman–Crippen MR) is 245 cm³/mol. The highest BCUT2D eigenvalue weighted by molar-refractivity contribution is 7.99. The van der Waals surface area contributed by atoms with Gasteiger partial charge in [-0.1, -0.05) is 121 Å². The fourth-order valence-corrected chi connectivity index (χ4v) is 10.0. The van der Waals surface area contributed by atoms with E-state index in [0.29, 0.717) is 0 Å². The first-order valence-electron chi connectivity index (χ1n) is 19.8. The summed E-state index contributed by atoms with van der Waals surface area (Å²) in [4.78, 5) is 2.45. The third kappa shape index (κ3) is 5.16. The molecule has 0 amide bonds. The van der Waals surface area contributed by atoms with E-state index in [1.54, 1.807) is 0 Å². The van der Waals surface area contributed by atoms with Crippen molar-refractivity contribution in [3.05, 3.63) is 212 Å². The molecule has 3 nitrogen and oxygen atoms in total. The number of benzene rings is 9. The Bertz CT molecular complexity index is 3540. The highest BCUT2D eigenvalue weighted by atomic mass is 32.2. The Balaban J connectivity index is 0.939. The molecule has 0 aliphatic heterocycles. The Morgan fingerprint density at radius 1 is 0.241 bits per heavy atom. The SMILES string of the molecule is c1ccc(-n2c3ccccc3c3cc(Sc4ccc5c(c4)c4ccccc4n5-c4cccc(-c5ccc6c(c5)c5ccccc5n6-c5ccccc5)c4)ccc32)cc1. The van der Waals surface area contributed by atoms with Gasteiger partial charge in [-0.25, -0.2) is 0 Å². The van der Waals surface area contributed by atoms with E-state index in [9.17, 15) is 0 Å². The van der Waals surface area contributed by atoms with E-state index in [4.69, 9.17) is 0 Å². The molecule has 0 saturated carbocycles. The lowest BCUT2D eigenvalue weighted by Gasteiger charge is -2.11. The molecule has 0 radical (unpaired) electrons. The van der Waals surface area contributed by atoms with Crippen molar-refractivity contribution in [1.82, 2.24) is 13.7 Å². The molecule has 12 rings (SSSR count). The fourth-order valence-electron chi connectivity index (χ4n) is 9.13. The maximum absolute atomic E-state index is 2.42. The number of rotatable bonds is 6. The van der Waals surface area contributed by atoms with Crippen molar-refractivity contribution in [2.75, 3.05) is 0 Å². The standard InChI is InChI=1S/C54H35N3S/c1-3-15-38(16-4-1)55-49-23-10-7-20-43(49)46-33-37(26-29-52(46)55)36-14-13-19-40(32-36)57-51-25-12-9-22-45(51)48-35-42(28-31-54(48)57)58-41-27-30-53-47(34-41)44-21-8-11-24-50(44)56(53)39-17-5-2-6-18-39/h1-35H. The van der Waals surface area contributed by atoms with Crippen LogP contribution in [0.3, 0.4) is 0 Å². The number of fused-ring (bicyclic) bond motifs is 9. The maximum Gasteiger partial charge on any atom is 0.0541 e. The Labute approximate surface area is 339 Å². The van der Waals surface area contributed by atoms with Crippen LogP contribution in [0.15, 0.2) is 222 Å². The van der Waals surface area contributed by atoms with Gasteiger partial charge in [0.1, 0.15) is 0 Å². The minimum atomic E-state index is 1.15. The number of aromatic nitrogens is 3. The molecular formula is C54H35N3S. The largest absolute Gasteiger partial charge is 0.309 e. The monoisotopic (exact) mass is 757 g/mol. The lowest BCUT2D eigenvalue weighted by atomic mass is 10.0. The predicted octanol–water partition coefficient (Wildman–Crippen LogP) is 14.8. The van der Waals surface area contributed by atoms with Crippen LogP contribution in [0.4, 0.5) is 0 Å². The summed E-state index contributed by atoms with van der Waals surface area (Å²) in [6, 6.07) is 77.3. The highest BCUT2D eigenvalue weighted by Gasteiger charge is 2.17. The van der Waals surface area contributed by atoms with E-state index in [2.05, 4.69) is 226 Å². The number of hydrogen-bond donors (Lipinski definition) is 0. The first-order valence-corrected chi connectivity index (χ1v) is 20.6. The first kappa shape index (κ1) is 32.9. The Kier molecular flexibility index (Phi) is 7.47. The zero-order valence-electron chi connectivity index (χ0n) is 31.5. The second-order valence-electron chi connectivity index (χ2n) is 15.0. The Morgan fingerprint density at radius 3 is 1.14 bits per heavy atom. The minimum Gasteiger partial charge on any atom is -0.309 e. The minimum absolute atomic E-state index is 1.15. The van der Waals surface area contributed by atoms with Crippen molar-refractivity contribution in [2.24, 2.45) is 0 Å². The van der Waals surface area contributed by atoms with Crippen LogP contribution in [-0.2, 0) is 0 Å². The zero-order chi connectivity index (χ0) is 38.2. The van der Waals surface area contributed by atoms with Crippen LogP contribution in [0, 0.1) is 0 Å². The summed E-state index contributed by atoms with van der Waals surface area (Å²) in [5, 5.41) is 7.55. The highest BCUT2D eigenvalue weighted by Crippen LogP contribution is 2.41. The molecule has 3 aromatic heterocycles. The van der Waals surface area contributed by atoms with Crippen LogP contribution in [0.2, 0.25) is 0 Å². The van der Waals surface area contributed by atoms with Crippen LogP contribution >= 0.6 is 11.8 Å². The van der Waals surface area contributed by atoms with Crippen LogP contribution in [0.5, 0.6) is 0 Å². The van der Waals surface area contributed by atoms with E-state index >= 15 is 0 Å². The third-order valence-electron chi connectivity index (χ3n) is 11.7. The van der Waals surface area contributed by atoms with Crippen LogP contribution in [0.25, 0.3) is 93.6 Å². The van der Waals surface area contributed by atoms with Crippen molar-refractivity contribution >= 4 is 77.2 Å². The molecule has 4 heteroatoms. The lowest BCUT2D eigenvalue weighted by Crippen LogP contribution is -1.94. The van der Waals surface area contributed by atoms with E-state index in [1.807, 2.05) is 11.8 Å². The summed E-state index contributed by atoms with van der Waals surface area (Å²) in [6.45, 7) is 0. The van der Waals surface area contributed by atoms with Gasteiger partial charge in [0, 0.05) is 59.2 Å². The zero-order valence-corrected chi connectivity index (χ0v) is 32.3.